The van der Waals surface area contributed by atoms with Crippen LogP contribution < -0.4 is 5.73 Å². The normalized spacial score (nSPS) is 41.8. The average molecular weight is 330 g/mol. The third-order valence-corrected chi connectivity index (χ3v) is 6.50. The van der Waals surface area contributed by atoms with Crippen molar-refractivity contribution in [2.24, 2.45) is 28.6 Å². The highest BCUT2D eigenvalue weighted by atomic mass is 16.7. The van der Waals surface area contributed by atoms with Gasteiger partial charge < -0.3 is 15.2 Å². The largest absolute Gasteiger partial charge is 0.349 e. The maximum Gasteiger partial charge on any atom is 0.147 e. The van der Waals surface area contributed by atoms with Crippen molar-refractivity contribution >= 4 is 5.71 Å². The zero-order valence-corrected chi connectivity index (χ0v) is 14.0. The molecule has 130 valence electrons. The summed E-state index contributed by atoms with van der Waals surface area (Å²) in [5.74, 6) is 2.70. The van der Waals surface area contributed by atoms with Crippen LogP contribution in [0.4, 0.5) is 0 Å². The third-order valence-electron chi connectivity index (χ3n) is 6.50. The highest BCUT2D eigenvalue weighted by Gasteiger charge is 2.46. The minimum Gasteiger partial charge on any atom is -0.349 e. The second kappa shape index (κ2) is 5.93. The highest BCUT2D eigenvalue weighted by Crippen LogP contribution is 2.42. The van der Waals surface area contributed by atoms with Gasteiger partial charge in [0.05, 0.1) is 12.2 Å². The lowest BCUT2D eigenvalue weighted by molar-refractivity contribution is 0.0388. The summed E-state index contributed by atoms with van der Waals surface area (Å²) in [6.45, 7) is 0.453. The van der Waals surface area contributed by atoms with Gasteiger partial charge in [-0.15, -0.1) is 0 Å². The Morgan fingerprint density at radius 3 is 2.71 bits per heavy atom. The zero-order chi connectivity index (χ0) is 16.1. The lowest BCUT2D eigenvalue weighted by atomic mass is 9.68. The highest BCUT2D eigenvalue weighted by molar-refractivity contribution is 5.89. The number of imidazole rings is 1. The van der Waals surface area contributed by atoms with Crippen LogP contribution in [0.15, 0.2) is 17.5 Å². The van der Waals surface area contributed by atoms with E-state index in [4.69, 9.17) is 20.3 Å². The molecule has 4 atom stereocenters. The molecule has 1 saturated heterocycles. The van der Waals surface area contributed by atoms with Gasteiger partial charge in [-0.1, -0.05) is 0 Å². The van der Waals surface area contributed by atoms with E-state index in [2.05, 4.69) is 4.98 Å². The first kappa shape index (κ1) is 15.0. The standard InChI is InChI=1S/C18H26N4O2/c19-13-3-1-11(2-4-13)18-14-9-16-15(23-10-24-16)7-12(14)8-17-20-5-6-22(17)21-18/h5-6,11-16H,1-4,7-10,19H2. The van der Waals surface area contributed by atoms with Gasteiger partial charge in [0.1, 0.15) is 12.6 Å². The quantitative estimate of drug-likeness (QED) is 0.854. The topological polar surface area (TPSA) is 74.7 Å². The van der Waals surface area contributed by atoms with E-state index in [1.165, 1.54) is 18.6 Å². The molecule has 24 heavy (non-hydrogen) atoms. The molecule has 5 rings (SSSR count). The van der Waals surface area contributed by atoms with Gasteiger partial charge in [-0.25, -0.2) is 9.66 Å². The Bertz CT molecular complexity index is 635. The van der Waals surface area contributed by atoms with Crippen molar-refractivity contribution in [3.8, 4) is 0 Å². The number of rotatable bonds is 1. The van der Waals surface area contributed by atoms with Gasteiger partial charge in [0.2, 0.25) is 0 Å². The molecule has 3 heterocycles. The van der Waals surface area contributed by atoms with Crippen LogP contribution in [-0.2, 0) is 15.9 Å². The van der Waals surface area contributed by atoms with Gasteiger partial charge in [-0.05, 0) is 50.4 Å². The fourth-order valence-corrected chi connectivity index (χ4v) is 5.16. The Morgan fingerprint density at radius 2 is 1.88 bits per heavy atom. The SMILES string of the molecule is NC1CCC(C2=Nn3ccnc3CC3CC4OCOC4CC23)CC1. The Kier molecular flexibility index (Phi) is 3.72. The maximum absolute atomic E-state index is 6.13. The summed E-state index contributed by atoms with van der Waals surface area (Å²) in [6.07, 6.45) is 12.0. The molecule has 4 aliphatic rings. The molecule has 0 bridgehead atoms. The van der Waals surface area contributed by atoms with Crippen LogP contribution in [0.3, 0.4) is 0 Å². The first-order valence-electron chi connectivity index (χ1n) is 9.37. The molecule has 4 unspecified atom stereocenters. The van der Waals surface area contributed by atoms with Crippen LogP contribution >= 0.6 is 0 Å². The number of hydrogen-bond donors (Lipinski definition) is 1. The van der Waals surface area contributed by atoms with Crippen LogP contribution in [-0.4, -0.2) is 40.4 Å². The zero-order valence-electron chi connectivity index (χ0n) is 14.0. The summed E-state index contributed by atoms with van der Waals surface area (Å²) in [5, 5.41) is 5.08. The summed E-state index contributed by atoms with van der Waals surface area (Å²) >= 11 is 0. The first-order valence-corrected chi connectivity index (χ1v) is 9.37. The van der Waals surface area contributed by atoms with Gasteiger partial charge in [0.15, 0.2) is 0 Å². The predicted octanol–water partition coefficient (Wildman–Crippen LogP) is 1.93. The molecule has 2 aliphatic heterocycles. The molecule has 3 fully saturated rings. The number of aromatic nitrogens is 2. The Labute approximate surface area is 142 Å². The summed E-state index contributed by atoms with van der Waals surface area (Å²) in [6, 6.07) is 0.370. The van der Waals surface area contributed by atoms with Gasteiger partial charge in [-0.2, -0.15) is 5.10 Å². The van der Waals surface area contributed by atoms with E-state index in [-0.39, 0.29) is 12.2 Å². The third kappa shape index (κ3) is 2.52. The monoisotopic (exact) mass is 330 g/mol. The molecule has 6 heteroatoms. The van der Waals surface area contributed by atoms with Crippen LogP contribution in [0.2, 0.25) is 0 Å². The first-order chi connectivity index (χ1) is 11.8. The van der Waals surface area contributed by atoms with Crippen molar-refractivity contribution in [2.45, 2.75) is 63.2 Å². The minimum absolute atomic E-state index is 0.243. The van der Waals surface area contributed by atoms with Crippen LogP contribution in [0.5, 0.6) is 0 Å². The Morgan fingerprint density at radius 1 is 1.08 bits per heavy atom. The lowest BCUT2D eigenvalue weighted by Crippen LogP contribution is -2.43. The number of fused-ring (bicyclic) bond motifs is 3. The van der Waals surface area contributed by atoms with E-state index in [9.17, 15) is 0 Å². The summed E-state index contributed by atoms with van der Waals surface area (Å²) in [5.41, 5.74) is 7.50. The van der Waals surface area contributed by atoms with Crippen molar-refractivity contribution in [2.75, 3.05) is 6.79 Å². The molecule has 0 aromatic carbocycles. The number of nitrogens with zero attached hydrogens (tertiary/aromatic N) is 3. The van der Waals surface area contributed by atoms with Gasteiger partial charge >= 0.3 is 0 Å². The van der Waals surface area contributed by atoms with E-state index in [1.807, 2.05) is 17.1 Å². The molecule has 1 aromatic rings. The summed E-state index contributed by atoms with van der Waals surface area (Å²) in [4.78, 5) is 4.55. The van der Waals surface area contributed by atoms with E-state index >= 15 is 0 Å². The van der Waals surface area contributed by atoms with Crippen LogP contribution in [0.25, 0.3) is 0 Å². The molecular formula is C18H26N4O2. The second-order valence-corrected chi connectivity index (χ2v) is 7.89. The average Bonchev–Trinajstić information content (AvgIpc) is 3.19. The Balaban J connectivity index is 1.49. The molecule has 2 aliphatic carbocycles. The summed E-state index contributed by atoms with van der Waals surface area (Å²) < 4.78 is 13.7. The molecule has 2 saturated carbocycles. The van der Waals surface area contributed by atoms with Crippen molar-refractivity contribution in [3.63, 3.8) is 0 Å². The van der Waals surface area contributed by atoms with Gasteiger partial charge in [0.25, 0.3) is 0 Å². The molecule has 6 nitrogen and oxygen atoms in total. The van der Waals surface area contributed by atoms with E-state index < -0.39 is 0 Å². The molecule has 0 radical (unpaired) electrons. The van der Waals surface area contributed by atoms with Crippen molar-refractivity contribution in [3.05, 3.63) is 18.2 Å². The molecule has 1 aromatic heterocycles. The Hall–Kier alpha value is -1.24. The number of nitrogens with two attached hydrogens (primary N) is 1. The van der Waals surface area contributed by atoms with Crippen molar-refractivity contribution in [1.82, 2.24) is 9.66 Å². The van der Waals surface area contributed by atoms with Crippen LogP contribution in [0.1, 0.15) is 44.3 Å². The van der Waals surface area contributed by atoms with E-state index in [0.717, 1.165) is 37.9 Å². The number of hydrogen-bond acceptors (Lipinski definition) is 5. The maximum atomic E-state index is 6.13. The lowest BCUT2D eigenvalue weighted by Gasteiger charge is -2.39. The minimum atomic E-state index is 0.243. The number of ether oxygens (including phenoxy) is 2. The predicted molar refractivity (Wildman–Crippen MR) is 89.5 cm³/mol. The fraction of sp³-hybridized carbons (Fsp3) is 0.778. The molecule has 2 N–H and O–H groups in total. The molecule has 0 amide bonds. The van der Waals surface area contributed by atoms with E-state index in [0.29, 0.717) is 30.6 Å². The van der Waals surface area contributed by atoms with Gasteiger partial charge in [0, 0.05) is 36.5 Å². The van der Waals surface area contributed by atoms with Crippen molar-refractivity contribution in [1.29, 1.82) is 0 Å². The van der Waals surface area contributed by atoms with E-state index in [1.54, 1.807) is 0 Å². The smallest absolute Gasteiger partial charge is 0.147 e. The van der Waals surface area contributed by atoms with Crippen molar-refractivity contribution < 1.29 is 9.47 Å². The molecule has 0 spiro atoms. The fourth-order valence-electron chi connectivity index (χ4n) is 5.16. The summed E-state index contributed by atoms with van der Waals surface area (Å²) in [7, 11) is 0. The van der Waals surface area contributed by atoms with Gasteiger partial charge in [-0.3, -0.25) is 0 Å². The second-order valence-electron chi connectivity index (χ2n) is 7.89. The molecular weight excluding hydrogens is 304 g/mol. The van der Waals surface area contributed by atoms with Crippen LogP contribution in [0, 0.1) is 17.8 Å².